The van der Waals surface area contributed by atoms with Crippen LogP contribution in [0.15, 0.2) is 29.0 Å². The highest BCUT2D eigenvalue weighted by atomic mass is 79.9. The van der Waals surface area contributed by atoms with Gasteiger partial charge in [0.1, 0.15) is 5.82 Å². The Bertz CT molecular complexity index is 857. The normalized spacial score (nSPS) is 18.7. The Labute approximate surface area is 142 Å². The van der Waals surface area contributed by atoms with Gasteiger partial charge in [-0.2, -0.15) is 10.2 Å². The lowest BCUT2D eigenvalue weighted by Crippen LogP contribution is -2.44. The molecule has 0 radical (unpaired) electrons. The first-order valence-electron chi connectivity index (χ1n) is 7.52. The summed E-state index contributed by atoms with van der Waals surface area (Å²) < 4.78 is 10.1. The van der Waals surface area contributed by atoms with E-state index in [0.29, 0.717) is 12.6 Å². The van der Waals surface area contributed by atoms with Crippen molar-refractivity contribution in [2.75, 3.05) is 24.7 Å². The van der Waals surface area contributed by atoms with Crippen LogP contribution in [0.4, 0.5) is 5.82 Å². The molecule has 23 heavy (non-hydrogen) atoms. The second-order valence-corrected chi connectivity index (χ2v) is 6.54. The number of aryl methyl sites for hydroxylation is 1. The molecule has 3 aromatic heterocycles. The Balaban J connectivity index is 1.93. The average Bonchev–Trinajstić information content (AvgIpc) is 3.14. The van der Waals surface area contributed by atoms with E-state index >= 15 is 0 Å². The van der Waals surface area contributed by atoms with E-state index in [1.54, 1.807) is 12.4 Å². The number of aromatic nitrogens is 5. The smallest absolute Gasteiger partial charge is 0.172 e. The second-order valence-electron chi connectivity index (χ2n) is 5.68. The van der Waals surface area contributed by atoms with E-state index in [0.717, 1.165) is 40.5 Å². The van der Waals surface area contributed by atoms with Gasteiger partial charge in [0.2, 0.25) is 0 Å². The highest BCUT2D eigenvalue weighted by Gasteiger charge is 2.23. The van der Waals surface area contributed by atoms with Gasteiger partial charge in [-0.25, -0.2) is 9.50 Å². The van der Waals surface area contributed by atoms with Crippen molar-refractivity contribution in [2.45, 2.75) is 13.0 Å². The summed E-state index contributed by atoms with van der Waals surface area (Å²) in [5.41, 5.74) is 2.77. The lowest BCUT2D eigenvalue weighted by molar-refractivity contribution is 0.0985. The van der Waals surface area contributed by atoms with Crippen molar-refractivity contribution < 1.29 is 4.74 Å². The molecule has 1 unspecified atom stereocenters. The van der Waals surface area contributed by atoms with Gasteiger partial charge in [-0.15, -0.1) is 0 Å². The van der Waals surface area contributed by atoms with Crippen molar-refractivity contribution in [1.29, 1.82) is 0 Å². The Morgan fingerprint density at radius 3 is 2.91 bits per heavy atom. The lowest BCUT2D eigenvalue weighted by Gasteiger charge is -2.34. The van der Waals surface area contributed by atoms with Gasteiger partial charge >= 0.3 is 0 Å². The first-order valence-corrected chi connectivity index (χ1v) is 8.31. The Morgan fingerprint density at radius 1 is 1.30 bits per heavy atom. The Kier molecular flexibility index (Phi) is 3.57. The SMILES string of the molecule is CC1COCCN1c1cc(-c2ccnn2C)n2ncc(Br)c2n1. The molecule has 1 aliphatic heterocycles. The number of nitrogens with zero attached hydrogens (tertiary/aromatic N) is 6. The molecular weight excluding hydrogens is 360 g/mol. The van der Waals surface area contributed by atoms with E-state index < -0.39 is 0 Å². The average molecular weight is 377 g/mol. The molecule has 0 bridgehead atoms. The Morgan fingerprint density at radius 2 is 2.17 bits per heavy atom. The molecule has 0 aliphatic carbocycles. The quantitative estimate of drug-likeness (QED) is 0.685. The third-order valence-electron chi connectivity index (χ3n) is 4.16. The molecule has 8 heteroatoms. The van der Waals surface area contributed by atoms with Gasteiger partial charge in [-0.1, -0.05) is 0 Å². The predicted octanol–water partition coefficient (Wildman–Crippen LogP) is 2.12. The van der Waals surface area contributed by atoms with Crippen molar-refractivity contribution in [1.82, 2.24) is 24.4 Å². The zero-order chi connectivity index (χ0) is 16.0. The van der Waals surface area contributed by atoms with E-state index in [2.05, 4.69) is 44.0 Å². The van der Waals surface area contributed by atoms with E-state index in [1.807, 2.05) is 22.3 Å². The minimum absolute atomic E-state index is 0.291. The molecule has 1 atom stereocenters. The molecule has 120 valence electrons. The van der Waals surface area contributed by atoms with Crippen molar-refractivity contribution in [2.24, 2.45) is 7.05 Å². The molecular formula is C15H17BrN6O. The van der Waals surface area contributed by atoms with Crippen LogP contribution in [-0.2, 0) is 11.8 Å². The summed E-state index contributed by atoms with van der Waals surface area (Å²) in [6, 6.07) is 4.35. The molecule has 7 nitrogen and oxygen atoms in total. The van der Waals surface area contributed by atoms with E-state index in [1.165, 1.54) is 0 Å². The third kappa shape index (κ3) is 2.42. The van der Waals surface area contributed by atoms with Crippen LogP contribution >= 0.6 is 15.9 Å². The third-order valence-corrected chi connectivity index (χ3v) is 4.72. The van der Waals surface area contributed by atoms with Crippen molar-refractivity contribution in [3.63, 3.8) is 0 Å². The molecule has 0 aromatic carbocycles. The zero-order valence-electron chi connectivity index (χ0n) is 13.0. The number of morpholine rings is 1. The largest absolute Gasteiger partial charge is 0.377 e. The van der Waals surface area contributed by atoms with Crippen molar-refractivity contribution >= 4 is 27.4 Å². The number of fused-ring (bicyclic) bond motifs is 1. The standard InChI is InChI=1S/C15H17BrN6O/c1-10-9-23-6-5-21(10)14-7-13(12-3-4-17-20(12)2)22-15(19-14)11(16)8-18-22/h3-4,7-8,10H,5-6,9H2,1-2H3. The topological polar surface area (TPSA) is 60.5 Å². The van der Waals surface area contributed by atoms with Crippen LogP contribution < -0.4 is 4.90 Å². The van der Waals surface area contributed by atoms with Crippen LogP contribution in [0.25, 0.3) is 17.0 Å². The van der Waals surface area contributed by atoms with Crippen LogP contribution in [0, 0.1) is 0 Å². The fourth-order valence-electron chi connectivity index (χ4n) is 2.95. The lowest BCUT2D eigenvalue weighted by atomic mass is 10.2. The second kappa shape index (κ2) is 5.61. The van der Waals surface area contributed by atoms with E-state index in [9.17, 15) is 0 Å². The first-order chi connectivity index (χ1) is 11.1. The van der Waals surface area contributed by atoms with Gasteiger partial charge in [0.25, 0.3) is 0 Å². The maximum absolute atomic E-state index is 5.54. The molecule has 1 aliphatic rings. The minimum atomic E-state index is 0.291. The van der Waals surface area contributed by atoms with Crippen LogP contribution in [0.3, 0.4) is 0 Å². The molecule has 0 spiro atoms. The number of hydrogen-bond acceptors (Lipinski definition) is 5. The molecule has 0 saturated carbocycles. The van der Waals surface area contributed by atoms with Gasteiger partial charge in [0.05, 0.1) is 41.3 Å². The highest BCUT2D eigenvalue weighted by Crippen LogP contribution is 2.28. The first kappa shape index (κ1) is 14.6. The zero-order valence-corrected chi connectivity index (χ0v) is 14.6. The van der Waals surface area contributed by atoms with Crippen LogP contribution in [0.5, 0.6) is 0 Å². The molecule has 1 saturated heterocycles. The van der Waals surface area contributed by atoms with Gasteiger partial charge < -0.3 is 9.64 Å². The number of halogens is 1. The number of anilines is 1. The molecule has 4 rings (SSSR count). The minimum Gasteiger partial charge on any atom is -0.377 e. The summed E-state index contributed by atoms with van der Waals surface area (Å²) in [5.74, 6) is 0.936. The molecule has 3 aromatic rings. The molecule has 4 heterocycles. The summed E-state index contributed by atoms with van der Waals surface area (Å²) in [6.45, 7) is 4.42. The van der Waals surface area contributed by atoms with Gasteiger partial charge in [-0.05, 0) is 28.9 Å². The fraction of sp³-hybridized carbons (Fsp3) is 0.400. The summed E-state index contributed by atoms with van der Waals surface area (Å²) in [7, 11) is 1.93. The van der Waals surface area contributed by atoms with Crippen LogP contribution in [0.1, 0.15) is 6.92 Å². The number of rotatable bonds is 2. The molecule has 1 fully saturated rings. The fourth-order valence-corrected chi connectivity index (χ4v) is 3.29. The van der Waals surface area contributed by atoms with Crippen molar-refractivity contribution in [3.05, 3.63) is 29.0 Å². The van der Waals surface area contributed by atoms with Gasteiger partial charge in [0.15, 0.2) is 5.65 Å². The molecule has 0 N–H and O–H groups in total. The van der Waals surface area contributed by atoms with Crippen molar-refractivity contribution in [3.8, 4) is 11.4 Å². The predicted molar refractivity (Wildman–Crippen MR) is 90.5 cm³/mol. The summed E-state index contributed by atoms with van der Waals surface area (Å²) >= 11 is 3.54. The maximum Gasteiger partial charge on any atom is 0.172 e. The van der Waals surface area contributed by atoms with Gasteiger partial charge in [-0.3, -0.25) is 4.68 Å². The monoisotopic (exact) mass is 376 g/mol. The number of ether oxygens (including phenoxy) is 1. The summed E-state index contributed by atoms with van der Waals surface area (Å²) in [5, 5.41) is 8.72. The Hall–Kier alpha value is -1.93. The van der Waals surface area contributed by atoms with Gasteiger partial charge in [0, 0.05) is 25.9 Å². The van der Waals surface area contributed by atoms with E-state index in [-0.39, 0.29) is 0 Å². The maximum atomic E-state index is 5.54. The molecule has 0 amide bonds. The summed E-state index contributed by atoms with van der Waals surface area (Å²) in [4.78, 5) is 7.08. The highest BCUT2D eigenvalue weighted by molar-refractivity contribution is 9.10. The van der Waals surface area contributed by atoms with Crippen LogP contribution in [0.2, 0.25) is 0 Å². The van der Waals surface area contributed by atoms with Crippen LogP contribution in [-0.4, -0.2) is 50.2 Å². The number of hydrogen-bond donors (Lipinski definition) is 0. The van der Waals surface area contributed by atoms with E-state index in [4.69, 9.17) is 9.72 Å². The summed E-state index contributed by atoms with van der Waals surface area (Å²) in [6.07, 6.45) is 3.56.